The van der Waals surface area contributed by atoms with Gasteiger partial charge in [0.1, 0.15) is 5.82 Å². The molecule has 1 aliphatic heterocycles. The second-order valence-electron chi connectivity index (χ2n) is 5.92. The van der Waals surface area contributed by atoms with E-state index in [9.17, 15) is 4.39 Å². The van der Waals surface area contributed by atoms with Crippen LogP contribution in [0.3, 0.4) is 0 Å². The Balaban J connectivity index is 1.94. The molecular formula is C17H27FN2. The van der Waals surface area contributed by atoms with E-state index in [1.165, 1.54) is 25.3 Å². The number of halogens is 1. The van der Waals surface area contributed by atoms with Crippen LogP contribution >= 0.6 is 0 Å². The van der Waals surface area contributed by atoms with E-state index in [-0.39, 0.29) is 11.4 Å². The minimum Gasteiger partial charge on any atom is -0.310 e. The summed E-state index contributed by atoms with van der Waals surface area (Å²) < 4.78 is 13.2. The molecule has 1 heterocycles. The SMILES string of the molecule is CCC1(CC)CN(CCc2cccc(F)c2)CCCN1. The lowest BCUT2D eigenvalue weighted by Gasteiger charge is -2.35. The predicted molar refractivity (Wildman–Crippen MR) is 82.5 cm³/mol. The molecule has 1 aliphatic rings. The number of hydrogen-bond donors (Lipinski definition) is 1. The van der Waals surface area contributed by atoms with E-state index in [0.717, 1.165) is 38.2 Å². The van der Waals surface area contributed by atoms with Gasteiger partial charge in [-0.15, -0.1) is 0 Å². The van der Waals surface area contributed by atoms with E-state index in [2.05, 4.69) is 24.1 Å². The highest BCUT2D eigenvalue weighted by molar-refractivity contribution is 5.16. The molecule has 2 nitrogen and oxygen atoms in total. The molecule has 0 amide bonds. The van der Waals surface area contributed by atoms with E-state index >= 15 is 0 Å². The fourth-order valence-corrected chi connectivity index (χ4v) is 3.11. The summed E-state index contributed by atoms with van der Waals surface area (Å²) in [7, 11) is 0. The topological polar surface area (TPSA) is 15.3 Å². The van der Waals surface area contributed by atoms with Crippen molar-refractivity contribution in [2.24, 2.45) is 0 Å². The molecule has 1 saturated heterocycles. The summed E-state index contributed by atoms with van der Waals surface area (Å²) in [4.78, 5) is 2.54. The van der Waals surface area contributed by atoms with Crippen molar-refractivity contribution >= 4 is 0 Å². The van der Waals surface area contributed by atoms with Crippen molar-refractivity contribution < 1.29 is 4.39 Å². The fourth-order valence-electron chi connectivity index (χ4n) is 3.11. The van der Waals surface area contributed by atoms with Crippen LogP contribution in [0.2, 0.25) is 0 Å². The van der Waals surface area contributed by atoms with Gasteiger partial charge in [-0.3, -0.25) is 0 Å². The van der Waals surface area contributed by atoms with Gasteiger partial charge in [-0.2, -0.15) is 0 Å². The van der Waals surface area contributed by atoms with E-state index in [1.54, 1.807) is 12.1 Å². The molecule has 0 spiro atoms. The second-order valence-corrected chi connectivity index (χ2v) is 5.92. The average molecular weight is 278 g/mol. The van der Waals surface area contributed by atoms with Crippen molar-refractivity contribution in [3.8, 4) is 0 Å². The lowest BCUT2D eigenvalue weighted by Crippen LogP contribution is -2.50. The van der Waals surface area contributed by atoms with Gasteiger partial charge in [0.05, 0.1) is 0 Å². The summed E-state index contributed by atoms with van der Waals surface area (Å²) in [6, 6.07) is 6.99. The summed E-state index contributed by atoms with van der Waals surface area (Å²) in [5.74, 6) is -0.128. The van der Waals surface area contributed by atoms with Crippen LogP contribution in [0.25, 0.3) is 0 Å². The highest BCUT2D eigenvalue weighted by Gasteiger charge is 2.29. The largest absolute Gasteiger partial charge is 0.310 e. The Morgan fingerprint density at radius 3 is 2.80 bits per heavy atom. The molecular weight excluding hydrogens is 251 g/mol. The van der Waals surface area contributed by atoms with Crippen molar-refractivity contribution in [2.45, 2.75) is 45.1 Å². The number of nitrogens with one attached hydrogen (secondary N) is 1. The van der Waals surface area contributed by atoms with Gasteiger partial charge in [-0.25, -0.2) is 4.39 Å². The minimum absolute atomic E-state index is 0.128. The Hall–Kier alpha value is -0.930. The van der Waals surface area contributed by atoms with E-state index in [1.807, 2.05) is 6.07 Å². The van der Waals surface area contributed by atoms with Gasteiger partial charge in [-0.05, 0) is 56.5 Å². The van der Waals surface area contributed by atoms with Crippen LogP contribution < -0.4 is 5.32 Å². The smallest absolute Gasteiger partial charge is 0.123 e. The van der Waals surface area contributed by atoms with Crippen molar-refractivity contribution in [1.82, 2.24) is 10.2 Å². The maximum Gasteiger partial charge on any atom is 0.123 e. The number of rotatable bonds is 5. The zero-order valence-corrected chi connectivity index (χ0v) is 12.8. The summed E-state index contributed by atoms with van der Waals surface area (Å²) in [6.45, 7) is 8.92. The molecule has 20 heavy (non-hydrogen) atoms. The van der Waals surface area contributed by atoms with Crippen molar-refractivity contribution in [3.63, 3.8) is 0 Å². The summed E-state index contributed by atoms with van der Waals surface area (Å²) >= 11 is 0. The summed E-state index contributed by atoms with van der Waals surface area (Å²) in [5, 5.41) is 3.73. The van der Waals surface area contributed by atoms with Crippen LogP contribution in [0.5, 0.6) is 0 Å². The van der Waals surface area contributed by atoms with Gasteiger partial charge in [0, 0.05) is 18.6 Å². The third kappa shape index (κ3) is 4.03. The normalized spacial score (nSPS) is 19.8. The van der Waals surface area contributed by atoms with Gasteiger partial charge in [0.25, 0.3) is 0 Å². The summed E-state index contributed by atoms with van der Waals surface area (Å²) in [6.07, 6.45) is 4.46. The lowest BCUT2D eigenvalue weighted by molar-refractivity contribution is 0.199. The first-order valence-electron chi connectivity index (χ1n) is 7.89. The zero-order valence-electron chi connectivity index (χ0n) is 12.8. The van der Waals surface area contributed by atoms with Gasteiger partial charge in [0.2, 0.25) is 0 Å². The third-order valence-electron chi connectivity index (χ3n) is 4.64. The molecule has 0 saturated carbocycles. The molecule has 112 valence electrons. The van der Waals surface area contributed by atoms with Gasteiger partial charge < -0.3 is 10.2 Å². The third-order valence-corrected chi connectivity index (χ3v) is 4.64. The van der Waals surface area contributed by atoms with Crippen LogP contribution in [0.1, 0.15) is 38.7 Å². The molecule has 0 unspecified atom stereocenters. The van der Waals surface area contributed by atoms with Crippen molar-refractivity contribution in [1.29, 1.82) is 0 Å². The van der Waals surface area contributed by atoms with E-state index in [0.29, 0.717) is 0 Å². The molecule has 1 N–H and O–H groups in total. The van der Waals surface area contributed by atoms with Crippen molar-refractivity contribution in [2.75, 3.05) is 26.2 Å². The predicted octanol–water partition coefficient (Wildman–Crippen LogP) is 3.22. The Kier molecular flexibility index (Phi) is 5.55. The standard InChI is InChI=1S/C17H27FN2/c1-3-17(4-2)14-20(11-6-10-19-17)12-9-15-7-5-8-16(18)13-15/h5,7-8,13,19H,3-4,6,9-12,14H2,1-2H3. The molecule has 0 aliphatic carbocycles. The molecule has 0 atom stereocenters. The average Bonchev–Trinajstić information content (AvgIpc) is 2.68. The maximum absolute atomic E-state index is 13.2. The molecule has 1 aromatic rings. The number of hydrogen-bond acceptors (Lipinski definition) is 2. The fraction of sp³-hybridized carbons (Fsp3) is 0.647. The molecule has 0 aromatic heterocycles. The van der Waals surface area contributed by atoms with Gasteiger partial charge >= 0.3 is 0 Å². The Bertz CT molecular complexity index is 415. The first-order valence-corrected chi connectivity index (χ1v) is 7.89. The number of nitrogens with zero attached hydrogens (tertiary/aromatic N) is 1. The molecule has 1 aromatic carbocycles. The zero-order chi connectivity index (χ0) is 14.4. The Morgan fingerprint density at radius 1 is 1.30 bits per heavy atom. The van der Waals surface area contributed by atoms with Gasteiger partial charge in [0.15, 0.2) is 0 Å². The second kappa shape index (κ2) is 7.19. The van der Waals surface area contributed by atoms with Crippen molar-refractivity contribution in [3.05, 3.63) is 35.6 Å². The maximum atomic E-state index is 13.2. The number of benzene rings is 1. The molecule has 0 radical (unpaired) electrons. The Morgan fingerprint density at radius 2 is 2.10 bits per heavy atom. The Labute approximate surface area is 122 Å². The highest BCUT2D eigenvalue weighted by Crippen LogP contribution is 2.20. The van der Waals surface area contributed by atoms with E-state index in [4.69, 9.17) is 0 Å². The first-order chi connectivity index (χ1) is 9.67. The molecule has 0 bridgehead atoms. The van der Waals surface area contributed by atoms with Crippen LogP contribution in [0.4, 0.5) is 4.39 Å². The monoisotopic (exact) mass is 278 g/mol. The van der Waals surface area contributed by atoms with Crippen LogP contribution in [0, 0.1) is 5.82 Å². The van der Waals surface area contributed by atoms with Crippen LogP contribution in [-0.4, -0.2) is 36.6 Å². The summed E-state index contributed by atoms with van der Waals surface area (Å²) in [5.41, 5.74) is 1.36. The highest BCUT2D eigenvalue weighted by atomic mass is 19.1. The molecule has 3 heteroatoms. The molecule has 2 rings (SSSR count). The van der Waals surface area contributed by atoms with Crippen LogP contribution in [0.15, 0.2) is 24.3 Å². The first kappa shape index (κ1) is 15.5. The quantitative estimate of drug-likeness (QED) is 0.889. The van der Waals surface area contributed by atoms with E-state index < -0.39 is 0 Å². The van der Waals surface area contributed by atoms with Crippen LogP contribution in [-0.2, 0) is 6.42 Å². The van der Waals surface area contributed by atoms with Gasteiger partial charge in [-0.1, -0.05) is 26.0 Å². The minimum atomic E-state index is -0.128. The molecule has 1 fully saturated rings. The lowest BCUT2D eigenvalue weighted by atomic mass is 9.92.